The zero-order valence-electron chi connectivity index (χ0n) is 16.7. The minimum Gasteiger partial charge on any atom is -0.350 e. The molecule has 1 aromatic carbocycles. The highest BCUT2D eigenvalue weighted by Crippen LogP contribution is 2.27. The Kier molecular flexibility index (Phi) is 5.62. The number of rotatable bonds is 5. The quantitative estimate of drug-likeness (QED) is 0.698. The molecule has 0 aliphatic carbocycles. The highest BCUT2D eigenvalue weighted by Gasteiger charge is 2.22. The molecule has 3 aromatic rings. The van der Waals surface area contributed by atoms with E-state index < -0.39 is 5.56 Å². The lowest BCUT2D eigenvalue weighted by Gasteiger charge is -2.29. The Morgan fingerprint density at radius 1 is 1.28 bits per heavy atom. The Labute approximate surface area is 173 Å². The van der Waals surface area contributed by atoms with Gasteiger partial charge in [-0.3, -0.25) is 9.59 Å². The van der Waals surface area contributed by atoms with E-state index in [0.29, 0.717) is 17.4 Å². The predicted octanol–water partition coefficient (Wildman–Crippen LogP) is 2.92. The summed E-state index contributed by atoms with van der Waals surface area (Å²) in [4.78, 5) is 31.6. The van der Waals surface area contributed by atoms with E-state index in [2.05, 4.69) is 34.1 Å². The molecule has 1 N–H and O–H groups in total. The maximum Gasteiger partial charge on any atom is 0.274 e. The Morgan fingerprint density at radius 3 is 2.72 bits per heavy atom. The third-order valence-electron chi connectivity index (χ3n) is 5.47. The number of benzene rings is 1. The standard InChI is InChI=1S/C21H25N5O2S/c1-14-8-10-25(11-9-14)21-24-26-17(12-18(27)23-20(26)29-21)19(28)22-13-15(2)16-6-4-3-5-7-16/h3-7,12,14-15H,8-11,13H2,1-2H3,(H,22,28)/t15-/m1/s1. The van der Waals surface area contributed by atoms with Crippen molar-refractivity contribution < 1.29 is 4.79 Å². The lowest BCUT2D eigenvalue weighted by atomic mass is 10.00. The molecule has 1 saturated heterocycles. The molecule has 0 spiro atoms. The maximum atomic E-state index is 12.8. The summed E-state index contributed by atoms with van der Waals surface area (Å²) < 4.78 is 1.50. The monoisotopic (exact) mass is 411 g/mol. The molecular weight excluding hydrogens is 386 g/mol. The van der Waals surface area contributed by atoms with Crippen LogP contribution in [0.25, 0.3) is 4.96 Å². The minimum atomic E-state index is -0.422. The summed E-state index contributed by atoms with van der Waals surface area (Å²) in [6.45, 7) is 6.66. The topological polar surface area (TPSA) is 79.6 Å². The molecule has 1 amide bonds. The summed E-state index contributed by atoms with van der Waals surface area (Å²) in [5, 5.41) is 8.35. The first-order chi connectivity index (χ1) is 14.0. The van der Waals surface area contributed by atoms with Gasteiger partial charge in [0.05, 0.1) is 0 Å². The first-order valence-corrected chi connectivity index (χ1v) is 10.8. The van der Waals surface area contributed by atoms with Crippen molar-refractivity contribution in [3.05, 3.63) is 58.0 Å². The van der Waals surface area contributed by atoms with Gasteiger partial charge in [-0.1, -0.05) is 55.5 Å². The fourth-order valence-corrected chi connectivity index (χ4v) is 4.49. The van der Waals surface area contributed by atoms with Crippen LogP contribution in [0.15, 0.2) is 41.2 Å². The van der Waals surface area contributed by atoms with Gasteiger partial charge in [-0.05, 0) is 30.2 Å². The van der Waals surface area contributed by atoms with E-state index in [9.17, 15) is 9.59 Å². The number of hydrogen-bond acceptors (Lipinski definition) is 6. The van der Waals surface area contributed by atoms with Crippen LogP contribution in [-0.2, 0) is 0 Å². The second kappa shape index (κ2) is 8.32. The lowest BCUT2D eigenvalue weighted by molar-refractivity contribution is 0.0944. The van der Waals surface area contributed by atoms with Crippen molar-refractivity contribution in [1.82, 2.24) is 19.9 Å². The molecular formula is C21H25N5O2S. The van der Waals surface area contributed by atoms with E-state index in [1.54, 1.807) is 0 Å². The number of nitrogens with one attached hydrogen (secondary N) is 1. The molecule has 1 atom stereocenters. The van der Waals surface area contributed by atoms with E-state index in [1.165, 1.54) is 21.9 Å². The fourth-order valence-electron chi connectivity index (χ4n) is 3.53. The van der Waals surface area contributed by atoms with Gasteiger partial charge in [0.15, 0.2) is 0 Å². The van der Waals surface area contributed by atoms with Gasteiger partial charge >= 0.3 is 0 Å². The molecule has 4 rings (SSSR count). The van der Waals surface area contributed by atoms with Crippen LogP contribution in [0.3, 0.4) is 0 Å². The summed E-state index contributed by atoms with van der Waals surface area (Å²) >= 11 is 1.36. The number of nitrogens with zero attached hydrogens (tertiary/aromatic N) is 4. The van der Waals surface area contributed by atoms with Gasteiger partial charge in [0.1, 0.15) is 5.69 Å². The van der Waals surface area contributed by atoms with Crippen LogP contribution in [0.5, 0.6) is 0 Å². The zero-order chi connectivity index (χ0) is 20.4. The smallest absolute Gasteiger partial charge is 0.274 e. The largest absolute Gasteiger partial charge is 0.350 e. The van der Waals surface area contributed by atoms with Gasteiger partial charge in [-0.25, -0.2) is 0 Å². The molecule has 1 aliphatic heterocycles. The number of carbonyl (C=O) groups excluding carboxylic acids is 1. The van der Waals surface area contributed by atoms with E-state index in [4.69, 9.17) is 0 Å². The average molecular weight is 412 g/mol. The van der Waals surface area contributed by atoms with Crippen LogP contribution in [0.1, 0.15) is 48.7 Å². The van der Waals surface area contributed by atoms with Crippen molar-refractivity contribution in [2.45, 2.75) is 32.6 Å². The first-order valence-electron chi connectivity index (χ1n) is 10.0. The number of anilines is 1. The number of amides is 1. The SMILES string of the molecule is CC1CCN(c2nn3c(C(=O)NC[C@@H](C)c4ccccc4)cc(=O)nc3s2)CC1. The third-order valence-corrected chi connectivity index (χ3v) is 6.44. The molecule has 0 unspecified atom stereocenters. The van der Waals surface area contributed by atoms with Gasteiger partial charge in [0.25, 0.3) is 11.5 Å². The molecule has 0 bridgehead atoms. The minimum absolute atomic E-state index is 0.163. The molecule has 0 radical (unpaired) electrons. The number of aromatic nitrogens is 3. The molecule has 1 fully saturated rings. The van der Waals surface area contributed by atoms with Crippen LogP contribution in [0.2, 0.25) is 0 Å². The summed E-state index contributed by atoms with van der Waals surface area (Å²) in [6, 6.07) is 11.3. The van der Waals surface area contributed by atoms with Crippen LogP contribution in [0, 0.1) is 5.92 Å². The van der Waals surface area contributed by atoms with E-state index in [1.807, 2.05) is 30.3 Å². The molecule has 0 saturated carbocycles. The van der Waals surface area contributed by atoms with Crippen molar-refractivity contribution in [3.63, 3.8) is 0 Å². The number of carbonyl (C=O) groups is 1. The van der Waals surface area contributed by atoms with Gasteiger partial charge in [0.2, 0.25) is 10.1 Å². The van der Waals surface area contributed by atoms with Crippen LogP contribution in [0.4, 0.5) is 5.13 Å². The third kappa shape index (κ3) is 4.32. The van der Waals surface area contributed by atoms with Crippen molar-refractivity contribution in [2.24, 2.45) is 5.92 Å². The fraction of sp³-hybridized carbons (Fsp3) is 0.429. The van der Waals surface area contributed by atoms with Crippen molar-refractivity contribution in [3.8, 4) is 0 Å². The highest BCUT2D eigenvalue weighted by atomic mass is 32.1. The Balaban J connectivity index is 1.54. The normalized spacial score (nSPS) is 16.1. The van der Waals surface area contributed by atoms with Crippen molar-refractivity contribution >= 4 is 27.3 Å². The van der Waals surface area contributed by atoms with Crippen molar-refractivity contribution in [1.29, 1.82) is 0 Å². The molecule has 29 heavy (non-hydrogen) atoms. The summed E-state index contributed by atoms with van der Waals surface area (Å²) in [7, 11) is 0. The number of hydrogen-bond donors (Lipinski definition) is 1. The van der Waals surface area contributed by atoms with Gasteiger partial charge in [-0.15, -0.1) is 5.10 Å². The number of fused-ring (bicyclic) bond motifs is 1. The van der Waals surface area contributed by atoms with Gasteiger partial charge in [-0.2, -0.15) is 9.50 Å². The molecule has 2 aromatic heterocycles. The molecule has 7 nitrogen and oxygen atoms in total. The highest BCUT2D eigenvalue weighted by molar-refractivity contribution is 7.20. The van der Waals surface area contributed by atoms with E-state index in [-0.39, 0.29) is 17.5 Å². The zero-order valence-corrected chi connectivity index (χ0v) is 17.5. The maximum absolute atomic E-state index is 12.8. The molecule has 8 heteroatoms. The summed E-state index contributed by atoms with van der Waals surface area (Å²) in [6.07, 6.45) is 2.23. The van der Waals surface area contributed by atoms with Gasteiger partial charge < -0.3 is 10.2 Å². The van der Waals surface area contributed by atoms with E-state index >= 15 is 0 Å². The molecule has 1 aliphatic rings. The average Bonchev–Trinajstić information content (AvgIpc) is 3.16. The Bertz CT molecular complexity index is 1050. The molecule has 152 valence electrons. The Hall–Kier alpha value is -2.74. The van der Waals surface area contributed by atoms with Crippen LogP contribution < -0.4 is 15.8 Å². The van der Waals surface area contributed by atoms with E-state index in [0.717, 1.165) is 36.6 Å². The first kappa shape index (κ1) is 19.6. The Morgan fingerprint density at radius 2 is 2.00 bits per heavy atom. The van der Waals surface area contributed by atoms with Gasteiger partial charge in [0, 0.05) is 25.7 Å². The van der Waals surface area contributed by atoms with Crippen LogP contribution >= 0.6 is 11.3 Å². The second-order valence-electron chi connectivity index (χ2n) is 7.75. The second-order valence-corrected chi connectivity index (χ2v) is 8.68. The number of piperidine rings is 1. The predicted molar refractivity (Wildman–Crippen MR) is 115 cm³/mol. The lowest BCUT2D eigenvalue weighted by Crippen LogP contribution is -2.33. The molecule has 3 heterocycles. The van der Waals surface area contributed by atoms with Crippen LogP contribution in [-0.4, -0.2) is 40.1 Å². The summed E-state index contributed by atoms with van der Waals surface area (Å²) in [5.41, 5.74) is 0.960. The van der Waals surface area contributed by atoms with Crippen molar-refractivity contribution in [2.75, 3.05) is 24.5 Å². The summed E-state index contributed by atoms with van der Waals surface area (Å²) in [5.74, 6) is 0.564.